The van der Waals surface area contributed by atoms with Crippen LogP contribution < -0.4 is 11.1 Å². The predicted octanol–water partition coefficient (Wildman–Crippen LogP) is 1.73. The molecule has 3 N–H and O–H groups in total. The molecule has 0 saturated heterocycles. The van der Waals surface area contributed by atoms with Gasteiger partial charge in [-0.15, -0.1) is 0 Å². The topological polar surface area (TPSA) is 55.1 Å². The van der Waals surface area contributed by atoms with Gasteiger partial charge in [-0.25, -0.2) is 0 Å². The summed E-state index contributed by atoms with van der Waals surface area (Å²) in [5.74, 6) is 0.957. The summed E-state index contributed by atoms with van der Waals surface area (Å²) in [6.45, 7) is 0.811. The molecule has 1 aromatic rings. The van der Waals surface area contributed by atoms with E-state index in [0.29, 0.717) is 12.1 Å². The molecule has 0 atom stereocenters. The van der Waals surface area contributed by atoms with Crippen LogP contribution in [0.1, 0.15) is 24.8 Å². The third kappa shape index (κ3) is 3.57. The molecule has 0 bridgehead atoms. The summed E-state index contributed by atoms with van der Waals surface area (Å²) in [6.07, 6.45) is 4.23. The van der Waals surface area contributed by atoms with Crippen molar-refractivity contribution in [2.75, 3.05) is 12.3 Å². The van der Waals surface area contributed by atoms with Crippen LogP contribution in [0, 0.1) is 5.92 Å². The molecule has 0 radical (unpaired) electrons. The largest absolute Gasteiger partial charge is 0.399 e. The van der Waals surface area contributed by atoms with Gasteiger partial charge in [0.15, 0.2) is 0 Å². The van der Waals surface area contributed by atoms with E-state index in [1.807, 2.05) is 24.3 Å². The van der Waals surface area contributed by atoms with E-state index in [0.717, 1.165) is 24.4 Å². The van der Waals surface area contributed by atoms with Crippen molar-refractivity contribution in [2.45, 2.75) is 25.7 Å². The molecule has 3 nitrogen and oxygen atoms in total. The highest BCUT2D eigenvalue weighted by Crippen LogP contribution is 2.31. The zero-order chi connectivity index (χ0) is 11.4. The number of benzene rings is 1. The summed E-state index contributed by atoms with van der Waals surface area (Å²) in [5.41, 5.74) is 7.34. The van der Waals surface area contributed by atoms with Crippen LogP contribution in [-0.4, -0.2) is 12.5 Å². The Hall–Kier alpha value is -1.51. The molecule has 3 heteroatoms. The van der Waals surface area contributed by atoms with Crippen LogP contribution in [0.25, 0.3) is 0 Å². The number of anilines is 1. The number of carbonyl (C=O) groups excluding carboxylic acids is 1. The summed E-state index contributed by atoms with van der Waals surface area (Å²) in [4.78, 5) is 11.6. The molecule has 0 unspecified atom stereocenters. The Morgan fingerprint density at radius 2 is 2.25 bits per heavy atom. The number of nitrogens with one attached hydrogen (secondary N) is 1. The summed E-state index contributed by atoms with van der Waals surface area (Å²) >= 11 is 0. The lowest BCUT2D eigenvalue weighted by Gasteiger charge is -2.05. The second-order valence-electron chi connectivity index (χ2n) is 4.50. The molecule has 1 fully saturated rings. The maximum atomic E-state index is 11.6. The first-order chi connectivity index (χ1) is 7.74. The molecule has 0 aliphatic heterocycles. The highest BCUT2D eigenvalue weighted by molar-refractivity contribution is 5.78. The standard InChI is InChI=1S/C13H18N2O/c14-12-3-1-2-11(8-12)9-13(16)15-7-6-10-4-5-10/h1-3,8,10H,4-7,9,14H2,(H,15,16). The Morgan fingerprint density at radius 3 is 2.94 bits per heavy atom. The lowest BCUT2D eigenvalue weighted by Crippen LogP contribution is -2.26. The van der Waals surface area contributed by atoms with Crippen molar-refractivity contribution in [3.05, 3.63) is 29.8 Å². The predicted molar refractivity (Wildman–Crippen MR) is 64.9 cm³/mol. The summed E-state index contributed by atoms with van der Waals surface area (Å²) < 4.78 is 0. The maximum absolute atomic E-state index is 11.6. The zero-order valence-corrected chi connectivity index (χ0v) is 9.41. The number of hydrogen-bond donors (Lipinski definition) is 2. The second-order valence-corrected chi connectivity index (χ2v) is 4.50. The minimum Gasteiger partial charge on any atom is -0.399 e. The van der Waals surface area contributed by atoms with Gasteiger partial charge in [-0.1, -0.05) is 25.0 Å². The van der Waals surface area contributed by atoms with Gasteiger partial charge in [0.1, 0.15) is 0 Å². The van der Waals surface area contributed by atoms with E-state index < -0.39 is 0 Å². The fraction of sp³-hybridized carbons (Fsp3) is 0.462. The van der Waals surface area contributed by atoms with Crippen LogP contribution in [0.4, 0.5) is 5.69 Å². The summed E-state index contributed by atoms with van der Waals surface area (Å²) in [6, 6.07) is 7.48. The van der Waals surface area contributed by atoms with Crippen molar-refractivity contribution >= 4 is 11.6 Å². The van der Waals surface area contributed by atoms with Crippen LogP contribution in [0.15, 0.2) is 24.3 Å². The first-order valence-electron chi connectivity index (χ1n) is 5.85. The van der Waals surface area contributed by atoms with E-state index in [1.165, 1.54) is 12.8 Å². The minimum absolute atomic E-state index is 0.0891. The third-order valence-corrected chi connectivity index (χ3v) is 2.89. The van der Waals surface area contributed by atoms with Crippen molar-refractivity contribution < 1.29 is 4.79 Å². The average Bonchev–Trinajstić information content (AvgIpc) is 3.01. The minimum atomic E-state index is 0.0891. The van der Waals surface area contributed by atoms with Crippen LogP contribution in [-0.2, 0) is 11.2 Å². The molecular formula is C13H18N2O. The molecule has 0 heterocycles. The molecule has 0 aromatic heterocycles. The van der Waals surface area contributed by atoms with Gasteiger partial charge < -0.3 is 11.1 Å². The fourth-order valence-corrected chi connectivity index (χ4v) is 1.77. The quantitative estimate of drug-likeness (QED) is 0.739. The summed E-state index contributed by atoms with van der Waals surface area (Å²) in [5, 5.41) is 2.94. The lowest BCUT2D eigenvalue weighted by atomic mass is 10.1. The Bertz CT molecular complexity index is 372. The van der Waals surface area contributed by atoms with Crippen LogP contribution in [0.2, 0.25) is 0 Å². The first kappa shape index (κ1) is 11.0. The molecule has 16 heavy (non-hydrogen) atoms. The van der Waals surface area contributed by atoms with Crippen molar-refractivity contribution in [1.29, 1.82) is 0 Å². The Balaban J connectivity index is 1.73. The Labute approximate surface area is 96.0 Å². The second kappa shape index (κ2) is 5.01. The first-order valence-corrected chi connectivity index (χ1v) is 5.85. The molecule has 2 rings (SSSR count). The maximum Gasteiger partial charge on any atom is 0.224 e. The molecule has 1 aliphatic carbocycles. The highest BCUT2D eigenvalue weighted by atomic mass is 16.1. The van der Waals surface area contributed by atoms with Gasteiger partial charge in [0.25, 0.3) is 0 Å². The number of rotatable bonds is 5. The molecule has 0 spiro atoms. The molecule has 1 aliphatic rings. The Kier molecular flexibility index (Phi) is 3.44. The molecular weight excluding hydrogens is 200 g/mol. The molecule has 86 valence electrons. The van der Waals surface area contributed by atoms with Gasteiger partial charge in [-0.05, 0) is 30.0 Å². The van der Waals surface area contributed by atoms with Gasteiger partial charge in [-0.3, -0.25) is 4.79 Å². The van der Waals surface area contributed by atoms with Crippen molar-refractivity contribution in [3.63, 3.8) is 0 Å². The summed E-state index contributed by atoms with van der Waals surface area (Å²) in [7, 11) is 0. The van der Waals surface area contributed by atoms with Crippen LogP contribution in [0.3, 0.4) is 0 Å². The van der Waals surface area contributed by atoms with E-state index in [2.05, 4.69) is 5.32 Å². The Morgan fingerprint density at radius 1 is 1.44 bits per heavy atom. The lowest BCUT2D eigenvalue weighted by molar-refractivity contribution is -0.120. The van der Waals surface area contributed by atoms with Crippen LogP contribution in [0.5, 0.6) is 0 Å². The molecule has 1 saturated carbocycles. The number of nitrogen functional groups attached to an aromatic ring is 1. The normalized spacial score (nSPS) is 14.8. The van der Waals surface area contributed by atoms with Gasteiger partial charge in [0, 0.05) is 12.2 Å². The SMILES string of the molecule is Nc1cccc(CC(=O)NCCC2CC2)c1. The van der Waals surface area contributed by atoms with E-state index in [4.69, 9.17) is 5.73 Å². The van der Waals surface area contributed by atoms with E-state index in [1.54, 1.807) is 0 Å². The zero-order valence-electron chi connectivity index (χ0n) is 9.41. The molecule has 1 amide bonds. The van der Waals surface area contributed by atoms with Crippen molar-refractivity contribution in [1.82, 2.24) is 5.32 Å². The molecule has 1 aromatic carbocycles. The number of nitrogens with two attached hydrogens (primary N) is 1. The average molecular weight is 218 g/mol. The monoisotopic (exact) mass is 218 g/mol. The highest BCUT2D eigenvalue weighted by Gasteiger charge is 2.20. The van der Waals surface area contributed by atoms with E-state index in [9.17, 15) is 4.79 Å². The van der Waals surface area contributed by atoms with E-state index >= 15 is 0 Å². The van der Waals surface area contributed by atoms with Gasteiger partial charge in [0.05, 0.1) is 6.42 Å². The number of amides is 1. The number of hydrogen-bond acceptors (Lipinski definition) is 2. The smallest absolute Gasteiger partial charge is 0.224 e. The van der Waals surface area contributed by atoms with Gasteiger partial charge >= 0.3 is 0 Å². The van der Waals surface area contributed by atoms with Gasteiger partial charge in [0.2, 0.25) is 5.91 Å². The third-order valence-electron chi connectivity index (χ3n) is 2.89. The van der Waals surface area contributed by atoms with Gasteiger partial charge in [-0.2, -0.15) is 0 Å². The fourth-order valence-electron chi connectivity index (χ4n) is 1.77. The van der Waals surface area contributed by atoms with E-state index in [-0.39, 0.29) is 5.91 Å². The van der Waals surface area contributed by atoms with Crippen molar-refractivity contribution in [3.8, 4) is 0 Å². The number of carbonyl (C=O) groups is 1. The van der Waals surface area contributed by atoms with Crippen LogP contribution >= 0.6 is 0 Å². The van der Waals surface area contributed by atoms with Crippen molar-refractivity contribution in [2.24, 2.45) is 5.92 Å².